The highest BCUT2D eigenvalue weighted by molar-refractivity contribution is 14.1. The topological polar surface area (TPSA) is 66.4 Å². The van der Waals surface area contributed by atoms with Crippen LogP contribution in [0, 0.1) is 3.57 Å². The molecule has 104 valence electrons. The number of carboxylic acids is 1. The van der Waals surface area contributed by atoms with Gasteiger partial charge in [0.15, 0.2) is 0 Å². The molecule has 1 atom stereocenters. The van der Waals surface area contributed by atoms with Crippen molar-refractivity contribution in [3.05, 3.63) is 32.9 Å². The number of benzene rings is 1. The van der Waals surface area contributed by atoms with E-state index in [2.05, 4.69) is 5.32 Å². The first-order valence-corrected chi connectivity index (χ1v) is 6.10. The Morgan fingerprint density at radius 2 is 1.89 bits per heavy atom. The number of amides is 1. The molecule has 1 aromatic carbocycles. The third-order valence-electron chi connectivity index (χ3n) is 2.21. The first-order chi connectivity index (χ1) is 8.61. The van der Waals surface area contributed by atoms with Crippen molar-refractivity contribution < 1.29 is 27.9 Å². The Morgan fingerprint density at radius 1 is 1.32 bits per heavy atom. The molecular weight excluding hydrogens is 378 g/mol. The summed E-state index contributed by atoms with van der Waals surface area (Å²) in [6, 6.07) is 1.66. The van der Waals surface area contributed by atoms with Crippen molar-refractivity contribution in [2.45, 2.75) is 19.1 Å². The molecule has 0 aliphatic carbocycles. The number of carbonyl (C=O) groups is 2. The summed E-state index contributed by atoms with van der Waals surface area (Å²) >= 11 is 1.66. The molecule has 2 N–H and O–H groups in total. The minimum Gasteiger partial charge on any atom is -0.480 e. The maximum Gasteiger partial charge on any atom is 0.416 e. The Hall–Kier alpha value is -1.32. The zero-order valence-electron chi connectivity index (χ0n) is 9.58. The van der Waals surface area contributed by atoms with Gasteiger partial charge in [0.1, 0.15) is 6.04 Å². The average molecular weight is 387 g/mol. The third-order valence-corrected chi connectivity index (χ3v) is 2.83. The largest absolute Gasteiger partial charge is 0.480 e. The molecular formula is C11H9F3INO3. The second-order valence-corrected chi connectivity index (χ2v) is 5.01. The fraction of sp³-hybridized carbons (Fsp3) is 0.273. The van der Waals surface area contributed by atoms with Gasteiger partial charge in [-0.05, 0) is 47.7 Å². The second-order valence-electron chi connectivity index (χ2n) is 3.76. The van der Waals surface area contributed by atoms with Crippen LogP contribution in [0.1, 0.15) is 22.8 Å². The number of aliphatic carboxylic acids is 1. The van der Waals surface area contributed by atoms with Gasteiger partial charge in [-0.3, -0.25) is 9.59 Å². The lowest BCUT2D eigenvalue weighted by molar-refractivity contribution is -0.139. The van der Waals surface area contributed by atoms with Crippen LogP contribution >= 0.6 is 22.6 Å². The Balaban J connectivity index is 3.04. The highest BCUT2D eigenvalue weighted by Crippen LogP contribution is 2.31. The average Bonchev–Trinajstić information content (AvgIpc) is 2.26. The smallest absolute Gasteiger partial charge is 0.416 e. The van der Waals surface area contributed by atoms with E-state index < -0.39 is 29.7 Å². The summed E-state index contributed by atoms with van der Waals surface area (Å²) in [5.74, 6) is -2.13. The van der Waals surface area contributed by atoms with Gasteiger partial charge in [0, 0.05) is 9.13 Å². The molecule has 0 saturated heterocycles. The van der Waals surface area contributed by atoms with Gasteiger partial charge in [0.2, 0.25) is 0 Å². The molecule has 8 heteroatoms. The minimum absolute atomic E-state index is 0.229. The zero-order chi connectivity index (χ0) is 14.8. The molecule has 19 heavy (non-hydrogen) atoms. The highest BCUT2D eigenvalue weighted by atomic mass is 127. The van der Waals surface area contributed by atoms with Crippen LogP contribution in [0.15, 0.2) is 18.2 Å². The molecule has 0 radical (unpaired) electrons. The Bertz CT molecular complexity index is 516. The van der Waals surface area contributed by atoms with E-state index in [1.165, 1.54) is 13.0 Å². The minimum atomic E-state index is -4.56. The Labute approximate surface area is 120 Å². The van der Waals surface area contributed by atoms with E-state index >= 15 is 0 Å². The number of nitrogens with one attached hydrogen (secondary N) is 1. The molecule has 0 aliphatic rings. The van der Waals surface area contributed by atoms with E-state index in [0.29, 0.717) is 6.07 Å². The van der Waals surface area contributed by atoms with Gasteiger partial charge in [0.25, 0.3) is 5.91 Å². The van der Waals surface area contributed by atoms with E-state index in [9.17, 15) is 22.8 Å². The van der Waals surface area contributed by atoms with Gasteiger partial charge < -0.3 is 10.4 Å². The number of hydrogen-bond acceptors (Lipinski definition) is 2. The molecule has 0 spiro atoms. The van der Waals surface area contributed by atoms with E-state index in [1.807, 2.05) is 0 Å². The van der Waals surface area contributed by atoms with Gasteiger partial charge in [-0.15, -0.1) is 0 Å². The first-order valence-electron chi connectivity index (χ1n) is 5.02. The van der Waals surface area contributed by atoms with Crippen molar-refractivity contribution in [1.29, 1.82) is 0 Å². The van der Waals surface area contributed by atoms with Crippen LogP contribution in [-0.4, -0.2) is 23.0 Å². The normalized spacial score (nSPS) is 12.9. The fourth-order valence-corrected chi connectivity index (χ4v) is 1.90. The number of alkyl halides is 3. The summed E-state index contributed by atoms with van der Waals surface area (Å²) < 4.78 is 38.0. The Kier molecular flexibility index (Phi) is 4.77. The molecule has 0 saturated carbocycles. The number of carbonyl (C=O) groups excluding carboxylic acids is 1. The van der Waals surface area contributed by atoms with Crippen LogP contribution in [-0.2, 0) is 11.0 Å². The van der Waals surface area contributed by atoms with Crippen molar-refractivity contribution in [3.8, 4) is 0 Å². The molecule has 1 rings (SSSR count). The molecule has 1 amide bonds. The Morgan fingerprint density at radius 3 is 2.37 bits per heavy atom. The quantitative estimate of drug-likeness (QED) is 0.784. The van der Waals surface area contributed by atoms with Gasteiger partial charge in [0.05, 0.1) is 5.56 Å². The number of halogens is 4. The molecule has 0 aliphatic heterocycles. The van der Waals surface area contributed by atoms with Crippen LogP contribution in [0.2, 0.25) is 0 Å². The molecule has 0 fully saturated rings. The summed E-state index contributed by atoms with van der Waals surface area (Å²) in [5.41, 5.74) is -1.18. The van der Waals surface area contributed by atoms with Crippen molar-refractivity contribution >= 4 is 34.5 Å². The SMILES string of the molecule is C[C@H](NC(=O)c1cc(I)cc(C(F)(F)F)c1)C(=O)O. The van der Waals surface area contributed by atoms with Gasteiger partial charge in [-0.2, -0.15) is 13.2 Å². The van der Waals surface area contributed by atoms with E-state index in [1.54, 1.807) is 22.6 Å². The third kappa shape index (κ3) is 4.37. The molecule has 0 aromatic heterocycles. The van der Waals surface area contributed by atoms with Crippen molar-refractivity contribution in [1.82, 2.24) is 5.32 Å². The summed E-state index contributed by atoms with van der Waals surface area (Å²) in [6.45, 7) is 1.22. The number of carboxylic acid groups (broad SMARTS) is 1. The number of rotatable bonds is 3. The van der Waals surface area contributed by atoms with Crippen LogP contribution in [0.4, 0.5) is 13.2 Å². The van der Waals surface area contributed by atoms with Crippen molar-refractivity contribution in [2.75, 3.05) is 0 Å². The van der Waals surface area contributed by atoms with Crippen LogP contribution in [0.25, 0.3) is 0 Å². The second kappa shape index (κ2) is 5.76. The predicted molar refractivity (Wildman–Crippen MR) is 68.7 cm³/mol. The van der Waals surface area contributed by atoms with Crippen molar-refractivity contribution in [3.63, 3.8) is 0 Å². The standard InChI is InChI=1S/C11H9F3INO3/c1-5(10(18)19)16-9(17)6-2-7(11(12,13)14)4-8(15)3-6/h2-5H,1H3,(H,16,17)(H,18,19)/t5-/m0/s1. The van der Waals surface area contributed by atoms with Crippen LogP contribution in [0.3, 0.4) is 0 Å². The van der Waals surface area contributed by atoms with Gasteiger partial charge >= 0.3 is 12.1 Å². The number of hydrogen-bond donors (Lipinski definition) is 2. The molecule has 1 aromatic rings. The zero-order valence-corrected chi connectivity index (χ0v) is 11.7. The predicted octanol–water partition coefficient (Wildman–Crippen LogP) is 2.51. The summed E-state index contributed by atoms with van der Waals surface area (Å²) in [7, 11) is 0. The monoisotopic (exact) mass is 387 g/mol. The van der Waals surface area contributed by atoms with E-state index in [0.717, 1.165) is 6.07 Å². The highest BCUT2D eigenvalue weighted by Gasteiger charge is 2.31. The lowest BCUT2D eigenvalue weighted by atomic mass is 10.1. The van der Waals surface area contributed by atoms with Crippen LogP contribution < -0.4 is 5.32 Å². The van der Waals surface area contributed by atoms with Crippen LogP contribution in [0.5, 0.6) is 0 Å². The van der Waals surface area contributed by atoms with Crippen molar-refractivity contribution in [2.24, 2.45) is 0 Å². The van der Waals surface area contributed by atoms with E-state index in [4.69, 9.17) is 5.11 Å². The maximum absolute atomic E-state index is 12.6. The summed E-state index contributed by atoms with van der Waals surface area (Å²) in [5, 5.41) is 10.7. The first kappa shape index (κ1) is 15.7. The van der Waals surface area contributed by atoms with E-state index in [-0.39, 0.29) is 9.13 Å². The lowest BCUT2D eigenvalue weighted by Gasteiger charge is -2.12. The van der Waals surface area contributed by atoms with Gasteiger partial charge in [-0.25, -0.2) is 0 Å². The fourth-order valence-electron chi connectivity index (χ4n) is 1.23. The summed E-state index contributed by atoms with van der Waals surface area (Å²) in [6.07, 6.45) is -4.56. The molecule has 0 unspecified atom stereocenters. The molecule has 4 nitrogen and oxygen atoms in total. The molecule has 0 bridgehead atoms. The molecule has 0 heterocycles. The summed E-state index contributed by atoms with van der Waals surface area (Å²) in [4.78, 5) is 22.2. The lowest BCUT2D eigenvalue weighted by Crippen LogP contribution is -2.38. The maximum atomic E-state index is 12.6. The van der Waals surface area contributed by atoms with Gasteiger partial charge in [-0.1, -0.05) is 0 Å².